The van der Waals surface area contributed by atoms with Crippen LogP contribution in [0.4, 0.5) is 8.78 Å². The molecule has 0 aliphatic rings. The maximum atomic E-state index is 13.7. The molecule has 2 heterocycles. The summed E-state index contributed by atoms with van der Waals surface area (Å²) in [6.45, 7) is 0. The number of ketones is 1. The van der Waals surface area contributed by atoms with Crippen LogP contribution in [0.15, 0.2) is 66.7 Å². The predicted octanol–water partition coefficient (Wildman–Crippen LogP) is 5.88. The van der Waals surface area contributed by atoms with Gasteiger partial charge in [-0.2, -0.15) is 0 Å². The number of carbonyl (C=O) groups excluding carboxylic acids is 1. The van der Waals surface area contributed by atoms with E-state index in [2.05, 4.69) is 4.98 Å². The van der Waals surface area contributed by atoms with E-state index in [0.717, 1.165) is 11.3 Å². The molecular weight excluding hydrogens is 474 g/mol. The molecule has 0 aliphatic heterocycles. The number of methoxy groups -OCH3 is 1. The fourth-order valence-electron chi connectivity index (χ4n) is 3.97. The van der Waals surface area contributed by atoms with Gasteiger partial charge in [-0.25, -0.2) is 13.8 Å². The Morgan fingerprint density at radius 1 is 1.03 bits per heavy atom. The summed E-state index contributed by atoms with van der Waals surface area (Å²) in [4.78, 5) is 17.9. The van der Waals surface area contributed by atoms with Gasteiger partial charge in [0.2, 0.25) is 5.88 Å². The molecule has 0 aliphatic carbocycles. The molecule has 0 bridgehead atoms. The van der Waals surface area contributed by atoms with Gasteiger partial charge in [0.05, 0.1) is 28.6 Å². The Labute approximate surface area is 202 Å². The van der Waals surface area contributed by atoms with Crippen molar-refractivity contribution in [1.29, 1.82) is 0 Å². The number of carbonyl (C=O) groups is 1. The molecule has 5 aromatic rings. The average Bonchev–Trinajstić information content (AvgIpc) is 3.37. The summed E-state index contributed by atoms with van der Waals surface area (Å²) < 4.78 is 34.5. The summed E-state index contributed by atoms with van der Waals surface area (Å²) in [5.74, 6) is -2.16. The molecule has 0 amide bonds. The Morgan fingerprint density at radius 3 is 2.49 bits per heavy atom. The Hall–Kier alpha value is -4.24. The first kappa shape index (κ1) is 22.5. The van der Waals surface area contributed by atoms with Gasteiger partial charge in [-0.05, 0) is 54.1 Å². The Morgan fingerprint density at radius 2 is 1.74 bits per heavy atom. The van der Waals surface area contributed by atoms with Crippen LogP contribution in [0.1, 0.15) is 15.9 Å². The zero-order valence-electron chi connectivity index (χ0n) is 18.3. The SMILES string of the molecule is COc1ccccc1CC(=O)c1c(O)c(O)n(-c2nc3ccc(F)cc3s2)c1-c1ccc(F)cc1. The van der Waals surface area contributed by atoms with E-state index >= 15 is 0 Å². The minimum absolute atomic E-state index is 0.125. The van der Waals surface area contributed by atoms with E-state index in [9.17, 15) is 23.8 Å². The lowest BCUT2D eigenvalue weighted by Gasteiger charge is -2.11. The van der Waals surface area contributed by atoms with Crippen LogP contribution >= 0.6 is 11.3 Å². The van der Waals surface area contributed by atoms with Crippen LogP contribution in [0, 0.1) is 11.6 Å². The van der Waals surface area contributed by atoms with Crippen molar-refractivity contribution in [2.45, 2.75) is 6.42 Å². The first-order valence-corrected chi connectivity index (χ1v) is 11.3. The Kier molecular flexibility index (Phi) is 5.70. The van der Waals surface area contributed by atoms with Crippen molar-refractivity contribution in [3.8, 4) is 33.8 Å². The first-order chi connectivity index (χ1) is 16.9. The molecule has 0 spiro atoms. The highest BCUT2D eigenvalue weighted by Crippen LogP contribution is 2.45. The van der Waals surface area contributed by atoms with Crippen LogP contribution in [0.3, 0.4) is 0 Å². The topological polar surface area (TPSA) is 84.6 Å². The Bertz CT molecular complexity index is 1570. The summed E-state index contributed by atoms with van der Waals surface area (Å²) in [6.07, 6.45) is -0.125. The van der Waals surface area contributed by atoms with Crippen LogP contribution in [-0.4, -0.2) is 32.7 Å². The first-order valence-electron chi connectivity index (χ1n) is 10.5. The molecular formula is C26H18F2N2O4S. The van der Waals surface area contributed by atoms with Crippen molar-refractivity contribution >= 4 is 27.3 Å². The fraction of sp³-hybridized carbons (Fsp3) is 0.0769. The maximum Gasteiger partial charge on any atom is 0.242 e. The third kappa shape index (κ3) is 4.00. The van der Waals surface area contributed by atoms with Crippen molar-refractivity contribution in [3.63, 3.8) is 0 Å². The van der Waals surface area contributed by atoms with Crippen LogP contribution in [0.25, 0.3) is 26.6 Å². The van der Waals surface area contributed by atoms with Crippen molar-refractivity contribution in [3.05, 3.63) is 89.5 Å². The zero-order chi connectivity index (χ0) is 24.7. The number of fused-ring (bicyclic) bond motifs is 1. The fourth-order valence-corrected chi connectivity index (χ4v) is 4.97. The molecule has 6 nitrogen and oxygen atoms in total. The number of halogens is 2. The molecule has 2 aromatic heterocycles. The smallest absolute Gasteiger partial charge is 0.242 e. The van der Waals surface area contributed by atoms with Gasteiger partial charge in [-0.15, -0.1) is 0 Å². The van der Waals surface area contributed by atoms with E-state index in [1.165, 1.54) is 54.1 Å². The van der Waals surface area contributed by atoms with E-state index in [0.29, 0.717) is 27.1 Å². The van der Waals surface area contributed by atoms with Crippen LogP contribution in [0.2, 0.25) is 0 Å². The quantitative estimate of drug-likeness (QED) is 0.289. The van der Waals surface area contributed by atoms with Crippen LogP contribution in [0.5, 0.6) is 17.4 Å². The van der Waals surface area contributed by atoms with E-state index in [1.807, 2.05) is 0 Å². The number of benzene rings is 3. The second-order valence-corrected chi connectivity index (χ2v) is 8.77. The van der Waals surface area contributed by atoms with Crippen molar-refractivity contribution in [1.82, 2.24) is 9.55 Å². The number of ether oxygens (including phenoxy) is 1. The highest BCUT2D eigenvalue weighted by molar-refractivity contribution is 7.20. The minimum atomic E-state index is -0.630. The van der Waals surface area contributed by atoms with Gasteiger partial charge in [-0.3, -0.25) is 9.36 Å². The number of hydrogen-bond acceptors (Lipinski definition) is 6. The highest BCUT2D eigenvalue weighted by atomic mass is 32.1. The van der Waals surface area contributed by atoms with Gasteiger partial charge in [0.15, 0.2) is 16.7 Å². The number of aromatic hydroxyl groups is 2. The average molecular weight is 493 g/mol. The lowest BCUT2D eigenvalue weighted by atomic mass is 9.99. The molecule has 0 fully saturated rings. The van der Waals surface area contributed by atoms with Gasteiger partial charge >= 0.3 is 0 Å². The summed E-state index contributed by atoms with van der Waals surface area (Å²) >= 11 is 1.07. The Balaban J connectivity index is 1.72. The van der Waals surface area contributed by atoms with Crippen molar-refractivity contribution in [2.75, 3.05) is 7.11 Å². The standard InChI is InChI=1S/C26H18F2N2O4S/c1-34-20-5-3-2-4-15(20)12-19(31)22-23(14-6-8-16(27)9-7-14)30(25(33)24(22)32)26-29-18-11-10-17(28)13-21(18)35-26/h2-11,13,32-33H,12H2,1H3. The third-order valence-corrected chi connectivity index (χ3v) is 6.59. The normalized spacial score (nSPS) is 11.2. The largest absolute Gasteiger partial charge is 0.503 e. The number of aromatic nitrogens is 2. The third-order valence-electron chi connectivity index (χ3n) is 5.59. The summed E-state index contributed by atoms with van der Waals surface area (Å²) in [6, 6.07) is 16.3. The van der Waals surface area contributed by atoms with E-state index < -0.39 is 29.0 Å². The molecule has 35 heavy (non-hydrogen) atoms. The monoisotopic (exact) mass is 492 g/mol. The van der Waals surface area contributed by atoms with Crippen LogP contribution < -0.4 is 4.74 Å². The van der Waals surface area contributed by atoms with Crippen molar-refractivity contribution in [2.24, 2.45) is 0 Å². The molecule has 0 saturated heterocycles. The number of rotatable bonds is 6. The van der Waals surface area contributed by atoms with E-state index in [1.54, 1.807) is 24.3 Å². The number of hydrogen-bond donors (Lipinski definition) is 2. The lowest BCUT2D eigenvalue weighted by Crippen LogP contribution is -2.07. The van der Waals surface area contributed by atoms with E-state index in [4.69, 9.17) is 4.74 Å². The molecule has 0 atom stereocenters. The molecule has 5 rings (SSSR count). The molecule has 0 radical (unpaired) electrons. The molecule has 0 saturated carbocycles. The molecule has 9 heteroatoms. The number of thiazole rings is 1. The predicted molar refractivity (Wildman–Crippen MR) is 129 cm³/mol. The van der Waals surface area contributed by atoms with Crippen LogP contribution in [-0.2, 0) is 6.42 Å². The highest BCUT2D eigenvalue weighted by Gasteiger charge is 2.30. The van der Waals surface area contributed by atoms with Crippen molar-refractivity contribution < 1.29 is 28.5 Å². The van der Waals surface area contributed by atoms with Gasteiger partial charge in [0, 0.05) is 12.0 Å². The number of Topliss-reactive ketones (excluding diaryl/α,β-unsaturated/α-hetero) is 1. The maximum absolute atomic E-state index is 13.7. The second-order valence-electron chi connectivity index (χ2n) is 7.76. The summed E-state index contributed by atoms with van der Waals surface area (Å²) in [5, 5.41) is 22.0. The molecule has 3 aromatic carbocycles. The minimum Gasteiger partial charge on any atom is -0.503 e. The number of nitrogens with zero attached hydrogens (tertiary/aromatic N) is 2. The second kappa shape index (κ2) is 8.84. The van der Waals surface area contributed by atoms with Gasteiger partial charge in [-0.1, -0.05) is 29.5 Å². The number of para-hydroxylation sites is 1. The summed E-state index contributed by atoms with van der Waals surface area (Å²) in [5.41, 5.74) is 1.43. The van der Waals surface area contributed by atoms with E-state index in [-0.39, 0.29) is 22.8 Å². The summed E-state index contributed by atoms with van der Waals surface area (Å²) in [7, 11) is 1.49. The molecule has 0 unspecified atom stereocenters. The molecule has 2 N–H and O–H groups in total. The van der Waals surface area contributed by atoms with Gasteiger partial charge in [0.1, 0.15) is 17.4 Å². The zero-order valence-corrected chi connectivity index (χ0v) is 19.1. The lowest BCUT2D eigenvalue weighted by molar-refractivity contribution is 0.0990. The van der Waals surface area contributed by atoms with Gasteiger partial charge < -0.3 is 14.9 Å². The molecule has 176 valence electrons. The van der Waals surface area contributed by atoms with Gasteiger partial charge in [0.25, 0.3) is 0 Å².